The van der Waals surface area contributed by atoms with Gasteiger partial charge in [0.2, 0.25) is 0 Å². The van der Waals surface area contributed by atoms with E-state index in [9.17, 15) is 14.7 Å². The molecule has 2 rings (SSSR count). The number of benzene rings is 1. The normalized spacial score (nSPS) is 14.2. The minimum absolute atomic E-state index is 0.0880. The minimum atomic E-state index is -0.527. The van der Waals surface area contributed by atoms with Gasteiger partial charge < -0.3 is 5.11 Å². The van der Waals surface area contributed by atoms with Crippen LogP contribution in [0.1, 0.15) is 26.3 Å². The van der Waals surface area contributed by atoms with Crippen molar-refractivity contribution >= 4 is 11.8 Å². The molecule has 0 spiro atoms. The van der Waals surface area contributed by atoms with Gasteiger partial charge in [-0.2, -0.15) is 0 Å². The van der Waals surface area contributed by atoms with E-state index in [1.165, 1.54) is 6.07 Å². The van der Waals surface area contributed by atoms with Gasteiger partial charge in [0.25, 0.3) is 11.8 Å². The maximum Gasteiger partial charge on any atom is 0.262 e. The molecule has 0 unspecified atom stereocenters. The summed E-state index contributed by atoms with van der Waals surface area (Å²) in [5.74, 6) is -1.11. The zero-order valence-electron chi connectivity index (χ0n) is 6.92. The molecular weight excluding hydrogens is 170 g/mol. The highest BCUT2D eigenvalue weighted by molar-refractivity contribution is 6.23. The Labute approximate surface area is 74.2 Å². The summed E-state index contributed by atoms with van der Waals surface area (Å²) in [5.41, 5.74) is 1.06. The standard InChI is InChI=1S/C9H7NO3/c1-4-2-3-5(11)7-6(4)8(12)10-9(7)13/h2-3,11H,1H3,(H,10,12,13). The van der Waals surface area contributed by atoms with Gasteiger partial charge in [0.1, 0.15) is 5.75 Å². The number of phenolic OH excluding ortho intramolecular Hbond substituents is 1. The first-order chi connectivity index (χ1) is 6.11. The highest BCUT2D eigenvalue weighted by Crippen LogP contribution is 2.27. The Bertz CT molecular complexity index is 384. The summed E-state index contributed by atoms with van der Waals surface area (Å²) in [6, 6.07) is 3.01. The van der Waals surface area contributed by atoms with E-state index in [-0.39, 0.29) is 16.9 Å². The number of imide groups is 1. The number of carbonyl (C=O) groups is 2. The first-order valence-corrected chi connectivity index (χ1v) is 3.79. The maximum atomic E-state index is 11.2. The smallest absolute Gasteiger partial charge is 0.262 e. The summed E-state index contributed by atoms with van der Waals surface area (Å²) >= 11 is 0. The number of hydrogen-bond donors (Lipinski definition) is 2. The van der Waals surface area contributed by atoms with Gasteiger partial charge in [-0.05, 0) is 18.6 Å². The SMILES string of the molecule is Cc1ccc(O)c2c1C(=O)NC2=O. The van der Waals surface area contributed by atoms with Gasteiger partial charge in [-0.25, -0.2) is 0 Å². The molecule has 0 fully saturated rings. The molecule has 0 aromatic heterocycles. The molecule has 2 N–H and O–H groups in total. The molecule has 0 saturated heterocycles. The summed E-state index contributed by atoms with van der Waals surface area (Å²) in [4.78, 5) is 22.4. The fourth-order valence-corrected chi connectivity index (χ4v) is 1.45. The average molecular weight is 177 g/mol. The van der Waals surface area contributed by atoms with Crippen LogP contribution >= 0.6 is 0 Å². The molecule has 1 aliphatic heterocycles. The van der Waals surface area contributed by atoms with E-state index in [0.29, 0.717) is 5.56 Å². The monoisotopic (exact) mass is 177 g/mol. The molecule has 0 radical (unpaired) electrons. The van der Waals surface area contributed by atoms with Gasteiger partial charge in [0, 0.05) is 0 Å². The molecule has 0 aliphatic carbocycles. The second-order valence-corrected chi connectivity index (χ2v) is 2.93. The Balaban J connectivity index is 2.81. The zero-order chi connectivity index (χ0) is 9.59. The first kappa shape index (κ1) is 7.79. The molecule has 13 heavy (non-hydrogen) atoms. The van der Waals surface area contributed by atoms with Crippen LogP contribution in [0.25, 0.3) is 0 Å². The lowest BCUT2D eigenvalue weighted by molar-refractivity contribution is 0.0879. The molecular formula is C9H7NO3. The van der Waals surface area contributed by atoms with Crippen LogP contribution in [0.15, 0.2) is 12.1 Å². The van der Waals surface area contributed by atoms with Crippen molar-refractivity contribution in [2.24, 2.45) is 0 Å². The summed E-state index contributed by atoms with van der Waals surface area (Å²) < 4.78 is 0. The van der Waals surface area contributed by atoms with Gasteiger partial charge in [-0.15, -0.1) is 0 Å². The van der Waals surface area contributed by atoms with Crippen LogP contribution in [0, 0.1) is 6.92 Å². The van der Waals surface area contributed by atoms with Crippen molar-refractivity contribution in [2.45, 2.75) is 6.92 Å². The molecule has 0 saturated carbocycles. The third kappa shape index (κ3) is 0.917. The molecule has 1 aromatic rings. The summed E-state index contributed by atoms with van der Waals surface area (Å²) in [5, 5.41) is 11.5. The predicted molar refractivity (Wildman–Crippen MR) is 44.6 cm³/mol. The molecule has 4 heteroatoms. The highest BCUT2D eigenvalue weighted by Gasteiger charge is 2.30. The molecule has 0 atom stereocenters. The van der Waals surface area contributed by atoms with E-state index in [1.807, 2.05) is 0 Å². The van der Waals surface area contributed by atoms with Crippen molar-refractivity contribution in [3.05, 3.63) is 28.8 Å². The molecule has 4 nitrogen and oxygen atoms in total. The van der Waals surface area contributed by atoms with Crippen LogP contribution < -0.4 is 5.32 Å². The van der Waals surface area contributed by atoms with Crippen molar-refractivity contribution in [3.8, 4) is 5.75 Å². The first-order valence-electron chi connectivity index (χ1n) is 3.79. The molecule has 1 aromatic carbocycles. The number of fused-ring (bicyclic) bond motifs is 1. The van der Waals surface area contributed by atoms with E-state index in [0.717, 1.165) is 0 Å². The number of rotatable bonds is 0. The largest absolute Gasteiger partial charge is 0.507 e. The predicted octanol–water partition coefficient (Wildman–Crippen LogP) is 0.584. The fraction of sp³-hybridized carbons (Fsp3) is 0.111. The van der Waals surface area contributed by atoms with Crippen LogP contribution in [-0.4, -0.2) is 16.9 Å². The lowest BCUT2D eigenvalue weighted by Gasteiger charge is -2.00. The number of nitrogens with one attached hydrogen (secondary N) is 1. The molecule has 2 amide bonds. The van der Waals surface area contributed by atoms with Crippen LogP contribution in [-0.2, 0) is 0 Å². The van der Waals surface area contributed by atoms with Gasteiger partial charge in [0.05, 0.1) is 11.1 Å². The minimum Gasteiger partial charge on any atom is -0.507 e. The molecule has 66 valence electrons. The Hall–Kier alpha value is -1.84. The van der Waals surface area contributed by atoms with Gasteiger partial charge in [0.15, 0.2) is 0 Å². The van der Waals surface area contributed by atoms with Crippen molar-refractivity contribution in [2.75, 3.05) is 0 Å². The Morgan fingerprint density at radius 3 is 2.38 bits per heavy atom. The number of phenols is 1. The van der Waals surface area contributed by atoms with Crippen molar-refractivity contribution in [3.63, 3.8) is 0 Å². The summed E-state index contributed by atoms with van der Waals surface area (Å²) in [6.07, 6.45) is 0. The molecule has 1 heterocycles. The van der Waals surface area contributed by atoms with Crippen molar-refractivity contribution < 1.29 is 14.7 Å². The zero-order valence-corrected chi connectivity index (χ0v) is 6.92. The van der Waals surface area contributed by atoms with Crippen molar-refractivity contribution in [1.82, 2.24) is 5.32 Å². The maximum absolute atomic E-state index is 11.2. The Kier molecular flexibility index (Phi) is 1.39. The quantitative estimate of drug-likeness (QED) is 0.570. The van der Waals surface area contributed by atoms with E-state index in [4.69, 9.17) is 0 Å². The Morgan fingerprint density at radius 2 is 1.77 bits per heavy atom. The van der Waals surface area contributed by atoms with Gasteiger partial charge in [-0.1, -0.05) is 6.07 Å². The summed E-state index contributed by atoms with van der Waals surface area (Å²) in [7, 11) is 0. The van der Waals surface area contributed by atoms with Gasteiger partial charge >= 0.3 is 0 Å². The number of aryl methyl sites for hydroxylation is 1. The van der Waals surface area contributed by atoms with E-state index in [1.54, 1.807) is 13.0 Å². The van der Waals surface area contributed by atoms with Crippen LogP contribution in [0.2, 0.25) is 0 Å². The Morgan fingerprint density at radius 1 is 1.15 bits per heavy atom. The third-order valence-electron chi connectivity index (χ3n) is 2.07. The highest BCUT2D eigenvalue weighted by atomic mass is 16.3. The number of carbonyl (C=O) groups excluding carboxylic acids is 2. The van der Waals surface area contributed by atoms with Crippen LogP contribution in [0.5, 0.6) is 5.75 Å². The number of aromatic hydroxyl groups is 1. The second kappa shape index (κ2) is 2.32. The third-order valence-corrected chi connectivity index (χ3v) is 2.07. The lowest BCUT2D eigenvalue weighted by Crippen LogP contribution is -2.20. The summed E-state index contributed by atoms with van der Waals surface area (Å²) in [6.45, 7) is 1.72. The molecule has 0 bridgehead atoms. The number of amides is 2. The van der Waals surface area contributed by atoms with Crippen LogP contribution in [0.3, 0.4) is 0 Å². The lowest BCUT2D eigenvalue weighted by atomic mass is 10.0. The molecule has 1 aliphatic rings. The number of hydrogen-bond acceptors (Lipinski definition) is 3. The van der Waals surface area contributed by atoms with Crippen molar-refractivity contribution in [1.29, 1.82) is 0 Å². The fourth-order valence-electron chi connectivity index (χ4n) is 1.45. The average Bonchev–Trinajstić information content (AvgIpc) is 2.36. The van der Waals surface area contributed by atoms with Crippen LogP contribution in [0.4, 0.5) is 0 Å². The van der Waals surface area contributed by atoms with Gasteiger partial charge in [-0.3, -0.25) is 14.9 Å². The van der Waals surface area contributed by atoms with E-state index >= 15 is 0 Å². The topological polar surface area (TPSA) is 66.4 Å². The van der Waals surface area contributed by atoms with E-state index in [2.05, 4.69) is 5.32 Å². The second-order valence-electron chi connectivity index (χ2n) is 2.93. The van der Waals surface area contributed by atoms with E-state index < -0.39 is 11.8 Å².